The third kappa shape index (κ3) is 204. The molecule has 0 fully saturated rings. The van der Waals surface area contributed by atoms with Gasteiger partial charge in [0.25, 0.3) is 0 Å². The van der Waals surface area contributed by atoms with Crippen molar-refractivity contribution < 1.29 is 39.6 Å². The van der Waals surface area contributed by atoms with Gasteiger partial charge in [0.15, 0.2) is 0 Å². The van der Waals surface area contributed by atoms with Crippen LogP contribution in [-0.2, 0) is 22.4 Å². The molecule has 0 unspecified atom stereocenters. The first kappa shape index (κ1) is 9.73. The minimum absolute atomic E-state index is 0. The molecule has 0 aromatic carbocycles. The van der Waals surface area contributed by atoms with Gasteiger partial charge in [-0.05, 0) is 0 Å². The summed E-state index contributed by atoms with van der Waals surface area (Å²) in [5.41, 5.74) is 0. The molecule has 0 aliphatic carbocycles. The van der Waals surface area contributed by atoms with E-state index >= 15 is 0 Å². The Hall–Kier alpha value is 0.525. The minimum Gasteiger partial charge on any atom is -0.418 e. The SMILES string of the molecule is F[B-](F)(F)F.[Ag]. The second-order valence-corrected chi connectivity index (χ2v) is 0.495. The molecule has 0 aliphatic rings. The predicted octanol–water partition coefficient (Wildman–Crippen LogP) is 1.30. The Balaban J connectivity index is 0. The van der Waals surface area contributed by atoms with Gasteiger partial charge in [-0.2, -0.15) is 0 Å². The van der Waals surface area contributed by atoms with Crippen LogP contribution in [0.3, 0.4) is 0 Å². The fraction of sp³-hybridized carbons (Fsp3) is 0. The van der Waals surface area contributed by atoms with E-state index in [-0.39, 0.29) is 22.4 Å². The molecule has 0 saturated carbocycles. The Morgan fingerprint density at radius 3 is 0.833 bits per heavy atom. The first-order valence-electron chi connectivity index (χ1n) is 0.873. The molecule has 0 amide bonds. The van der Waals surface area contributed by atoms with E-state index < -0.39 is 7.25 Å². The van der Waals surface area contributed by atoms with Gasteiger partial charge in [-0.1, -0.05) is 0 Å². The van der Waals surface area contributed by atoms with E-state index in [0.29, 0.717) is 0 Å². The quantitative estimate of drug-likeness (QED) is 0.403. The van der Waals surface area contributed by atoms with Crippen LogP contribution < -0.4 is 0 Å². The van der Waals surface area contributed by atoms with Gasteiger partial charge in [-0.15, -0.1) is 0 Å². The van der Waals surface area contributed by atoms with Crippen molar-refractivity contribution >= 4 is 7.25 Å². The van der Waals surface area contributed by atoms with Crippen molar-refractivity contribution in [2.75, 3.05) is 0 Å². The molecule has 6 heteroatoms. The Morgan fingerprint density at radius 1 is 0.833 bits per heavy atom. The Morgan fingerprint density at radius 2 is 0.833 bits per heavy atom. The molecule has 6 heavy (non-hydrogen) atoms. The van der Waals surface area contributed by atoms with E-state index in [9.17, 15) is 17.3 Å². The van der Waals surface area contributed by atoms with E-state index in [1.165, 1.54) is 0 Å². The van der Waals surface area contributed by atoms with Crippen LogP contribution in [-0.4, -0.2) is 7.25 Å². The zero-order valence-corrected chi connectivity index (χ0v) is 3.87. The summed E-state index contributed by atoms with van der Waals surface area (Å²) in [4.78, 5) is 0. The molecule has 0 heterocycles. The summed E-state index contributed by atoms with van der Waals surface area (Å²) in [7, 11) is -6.00. The molecule has 0 aliphatic heterocycles. The minimum atomic E-state index is -6.00. The van der Waals surface area contributed by atoms with Gasteiger partial charge in [-0.3, -0.25) is 0 Å². The van der Waals surface area contributed by atoms with Crippen molar-refractivity contribution in [2.45, 2.75) is 0 Å². The average molecular weight is 195 g/mol. The molecule has 0 rings (SSSR count). The van der Waals surface area contributed by atoms with Crippen LogP contribution in [0.4, 0.5) is 17.3 Å². The van der Waals surface area contributed by atoms with E-state index in [0.717, 1.165) is 0 Å². The van der Waals surface area contributed by atoms with Crippen molar-refractivity contribution in [3.8, 4) is 0 Å². The zero-order chi connectivity index (χ0) is 4.50. The molecule has 1 radical (unpaired) electrons. The average Bonchev–Trinajstić information content (AvgIpc) is 0.722. The van der Waals surface area contributed by atoms with Crippen molar-refractivity contribution in [2.24, 2.45) is 0 Å². The van der Waals surface area contributed by atoms with E-state index in [4.69, 9.17) is 0 Å². The molecule has 43 valence electrons. The number of hydrogen-bond donors (Lipinski definition) is 0. The van der Waals surface area contributed by atoms with Gasteiger partial charge in [-0.25, -0.2) is 0 Å². The first-order valence-corrected chi connectivity index (χ1v) is 0.873. The van der Waals surface area contributed by atoms with Gasteiger partial charge in [0.2, 0.25) is 0 Å². The normalized spacial score (nSPS) is 10.0. The fourth-order valence-electron chi connectivity index (χ4n) is 0. The molecular formula is AgBF4-. The van der Waals surface area contributed by atoms with Gasteiger partial charge < -0.3 is 17.3 Å². The summed E-state index contributed by atoms with van der Waals surface area (Å²) in [6.45, 7) is 0. The predicted molar refractivity (Wildman–Crippen MR) is 10.2 cm³/mol. The number of halogens is 4. The van der Waals surface area contributed by atoms with Gasteiger partial charge in [0.1, 0.15) is 0 Å². The molecule has 0 saturated heterocycles. The molecule has 0 spiro atoms. The molecule has 0 atom stereocenters. The van der Waals surface area contributed by atoms with Crippen LogP contribution in [0.5, 0.6) is 0 Å². The van der Waals surface area contributed by atoms with Crippen LogP contribution >= 0.6 is 0 Å². The molecule has 0 aromatic heterocycles. The maximum atomic E-state index is 9.75. The molecule has 0 nitrogen and oxygen atoms in total. The maximum Gasteiger partial charge on any atom is 0.673 e. The van der Waals surface area contributed by atoms with Gasteiger partial charge in [0, 0.05) is 22.4 Å². The summed E-state index contributed by atoms with van der Waals surface area (Å²) >= 11 is 0. The van der Waals surface area contributed by atoms with Crippen molar-refractivity contribution in [1.29, 1.82) is 0 Å². The summed E-state index contributed by atoms with van der Waals surface area (Å²) in [5, 5.41) is 0. The monoisotopic (exact) mass is 194 g/mol. The maximum absolute atomic E-state index is 9.75. The molecule has 0 N–H and O–H groups in total. The fourth-order valence-corrected chi connectivity index (χ4v) is 0. The Kier molecular flexibility index (Phi) is 4.31. The van der Waals surface area contributed by atoms with Crippen LogP contribution in [0.25, 0.3) is 0 Å². The second-order valence-electron chi connectivity index (χ2n) is 0.495. The van der Waals surface area contributed by atoms with E-state index in [1.807, 2.05) is 0 Å². The molecular weight excluding hydrogens is 195 g/mol. The Bertz CT molecular complexity index is 23.0. The van der Waals surface area contributed by atoms with E-state index in [2.05, 4.69) is 0 Å². The van der Waals surface area contributed by atoms with Crippen LogP contribution in [0, 0.1) is 0 Å². The second kappa shape index (κ2) is 2.66. The Labute approximate surface area is 47.5 Å². The first-order chi connectivity index (χ1) is 2.00. The largest absolute Gasteiger partial charge is 0.673 e. The van der Waals surface area contributed by atoms with E-state index in [1.54, 1.807) is 0 Å². The van der Waals surface area contributed by atoms with Crippen molar-refractivity contribution in [3.63, 3.8) is 0 Å². The third-order valence-corrected chi connectivity index (χ3v) is 0. The van der Waals surface area contributed by atoms with Crippen LogP contribution in [0.2, 0.25) is 0 Å². The van der Waals surface area contributed by atoms with Gasteiger partial charge in [0.05, 0.1) is 0 Å². The van der Waals surface area contributed by atoms with Crippen LogP contribution in [0.1, 0.15) is 0 Å². The summed E-state index contributed by atoms with van der Waals surface area (Å²) < 4.78 is 39.0. The standard InChI is InChI=1S/Ag.BF4/c;2-1(3,4)5/q;-1. The summed E-state index contributed by atoms with van der Waals surface area (Å²) in [6, 6.07) is 0. The number of rotatable bonds is 0. The smallest absolute Gasteiger partial charge is 0.418 e. The summed E-state index contributed by atoms with van der Waals surface area (Å²) in [6.07, 6.45) is 0. The van der Waals surface area contributed by atoms with Gasteiger partial charge >= 0.3 is 7.25 Å². The van der Waals surface area contributed by atoms with Crippen molar-refractivity contribution in [1.82, 2.24) is 0 Å². The number of hydrogen-bond acceptors (Lipinski definition) is 0. The van der Waals surface area contributed by atoms with Crippen LogP contribution in [0.15, 0.2) is 0 Å². The molecule has 0 bridgehead atoms. The molecule has 0 aromatic rings. The topological polar surface area (TPSA) is 0 Å². The zero-order valence-electron chi connectivity index (χ0n) is 2.39. The third-order valence-electron chi connectivity index (χ3n) is 0. The summed E-state index contributed by atoms with van der Waals surface area (Å²) in [5.74, 6) is 0. The van der Waals surface area contributed by atoms with Crippen molar-refractivity contribution in [3.05, 3.63) is 0 Å².